The lowest BCUT2D eigenvalue weighted by atomic mass is 9.96. The Morgan fingerprint density at radius 3 is 1.21 bits per heavy atom. The van der Waals surface area contributed by atoms with Gasteiger partial charge in [0.05, 0.1) is 20.1 Å². The molecule has 0 fully saturated rings. The van der Waals surface area contributed by atoms with E-state index in [2.05, 4.69) is 0 Å². The van der Waals surface area contributed by atoms with Crippen LogP contribution in [-0.2, 0) is 9.59 Å². The molecule has 0 aliphatic heterocycles. The summed E-state index contributed by atoms with van der Waals surface area (Å²) in [6.45, 7) is 3.28. The van der Waals surface area contributed by atoms with Gasteiger partial charge < -0.3 is 9.47 Å². The first-order valence-corrected chi connectivity index (χ1v) is 10.0. The van der Waals surface area contributed by atoms with Crippen LogP contribution in [0.25, 0.3) is 0 Å². The van der Waals surface area contributed by atoms with E-state index in [0.29, 0.717) is 0 Å². The van der Waals surface area contributed by atoms with E-state index in [1.807, 2.05) is 0 Å². The van der Waals surface area contributed by atoms with Crippen LogP contribution in [0, 0.1) is 11.8 Å². The molecule has 150 valence electrons. The van der Waals surface area contributed by atoms with E-state index >= 15 is 0 Å². The third-order valence-corrected chi connectivity index (χ3v) is 5.07. The zero-order chi connectivity index (χ0) is 21.2. The minimum Gasteiger partial charge on any atom is -0.423 e. The first-order valence-electron chi connectivity index (χ1n) is 7.73. The standard InChI is InChI=1S/C18H12Cl6O4/c1-7(2)14(17(25)27-15-10(21)3-8(19)4-11(15)22)18(26)28-16-12(23)5-9(20)6-13(16)24/h3-7,14H,1-2H3. The topological polar surface area (TPSA) is 52.6 Å². The van der Waals surface area contributed by atoms with E-state index < -0.39 is 23.8 Å². The molecule has 0 amide bonds. The highest BCUT2D eigenvalue weighted by Crippen LogP contribution is 2.38. The van der Waals surface area contributed by atoms with Gasteiger partial charge in [0.15, 0.2) is 17.4 Å². The van der Waals surface area contributed by atoms with Gasteiger partial charge in [0, 0.05) is 10.0 Å². The zero-order valence-electron chi connectivity index (χ0n) is 14.4. The molecule has 2 aromatic carbocycles. The van der Waals surface area contributed by atoms with Crippen molar-refractivity contribution in [2.24, 2.45) is 11.8 Å². The molecular weight excluding hydrogens is 493 g/mol. The van der Waals surface area contributed by atoms with Crippen molar-refractivity contribution in [1.82, 2.24) is 0 Å². The molecular formula is C18H12Cl6O4. The molecule has 28 heavy (non-hydrogen) atoms. The van der Waals surface area contributed by atoms with Gasteiger partial charge in [0.1, 0.15) is 0 Å². The quantitative estimate of drug-likeness (QED) is 0.242. The van der Waals surface area contributed by atoms with E-state index in [1.165, 1.54) is 24.3 Å². The van der Waals surface area contributed by atoms with Crippen LogP contribution in [0.3, 0.4) is 0 Å². The van der Waals surface area contributed by atoms with Crippen molar-refractivity contribution >= 4 is 81.5 Å². The normalized spacial score (nSPS) is 11.1. The summed E-state index contributed by atoms with van der Waals surface area (Å²) in [5, 5.41) is 0.607. The molecule has 0 saturated carbocycles. The van der Waals surface area contributed by atoms with Crippen LogP contribution >= 0.6 is 69.6 Å². The summed E-state index contributed by atoms with van der Waals surface area (Å²) in [5.74, 6) is -3.82. The summed E-state index contributed by atoms with van der Waals surface area (Å²) >= 11 is 35.7. The molecule has 0 aliphatic rings. The van der Waals surface area contributed by atoms with Gasteiger partial charge in [0.25, 0.3) is 0 Å². The number of halogens is 6. The Bertz CT molecular complexity index is 811. The van der Waals surface area contributed by atoms with Crippen molar-refractivity contribution in [3.63, 3.8) is 0 Å². The Morgan fingerprint density at radius 2 is 0.964 bits per heavy atom. The summed E-state index contributed by atoms with van der Waals surface area (Å²) in [7, 11) is 0. The average Bonchev–Trinajstić information content (AvgIpc) is 2.54. The maximum atomic E-state index is 12.6. The molecule has 0 bridgehead atoms. The summed E-state index contributed by atoms with van der Waals surface area (Å²) in [6.07, 6.45) is 0. The highest BCUT2D eigenvalue weighted by Gasteiger charge is 2.35. The van der Waals surface area contributed by atoms with Crippen LogP contribution in [0.5, 0.6) is 11.5 Å². The summed E-state index contributed by atoms with van der Waals surface area (Å²) in [4.78, 5) is 25.3. The fraction of sp³-hybridized carbons (Fsp3) is 0.222. The molecule has 0 unspecified atom stereocenters. The fourth-order valence-electron chi connectivity index (χ4n) is 2.22. The molecule has 0 aromatic heterocycles. The lowest BCUT2D eigenvalue weighted by molar-refractivity contribution is -0.153. The van der Waals surface area contributed by atoms with Crippen LogP contribution in [0.2, 0.25) is 30.1 Å². The van der Waals surface area contributed by atoms with Crippen LogP contribution < -0.4 is 9.47 Å². The third-order valence-electron chi connectivity index (χ3n) is 3.51. The van der Waals surface area contributed by atoms with E-state index in [-0.39, 0.29) is 41.6 Å². The maximum Gasteiger partial charge on any atom is 0.326 e. The predicted octanol–water partition coefficient (Wildman–Crippen LogP) is 7.39. The second-order valence-corrected chi connectivity index (χ2v) is 8.46. The van der Waals surface area contributed by atoms with Gasteiger partial charge in [-0.2, -0.15) is 0 Å². The second kappa shape index (κ2) is 9.75. The number of hydrogen-bond donors (Lipinski definition) is 0. The SMILES string of the molecule is CC(C)C(C(=O)Oc1c(Cl)cc(Cl)cc1Cl)C(=O)Oc1c(Cl)cc(Cl)cc1Cl. The lowest BCUT2D eigenvalue weighted by Gasteiger charge is -2.19. The van der Waals surface area contributed by atoms with E-state index in [9.17, 15) is 9.59 Å². The zero-order valence-corrected chi connectivity index (χ0v) is 18.9. The van der Waals surface area contributed by atoms with Crippen molar-refractivity contribution in [1.29, 1.82) is 0 Å². The molecule has 0 aliphatic carbocycles. The number of rotatable bonds is 5. The summed E-state index contributed by atoms with van der Waals surface area (Å²) in [6, 6.07) is 5.42. The molecule has 0 spiro atoms. The van der Waals surface area contributed by atoms with Gasteiger partial charge in [-0.3, -0.25) is 9.59 Å². The van der Waals surface area contributed by atoms with Gasteiger partial charge in [-0.1, -0.05) is 83.5 Å². The monoisotopic (exact) mass is 502 g/mol. The molecule has 0 N–H and O–H groups in total. The van der Waals surface area contributed by atoms with Crippen molar-refractivity contribution in [2.75, 3.05) is 0 Å². The highest BCUT2D eigenvalue weighted by molar-refractivity contribution is 6.41. The highest BCUT2D eigenvalue weighted by atomic mass is 35.5. The van der Waals surface area contributed by atoms with E-state index in [0.717, 1.165) is 0 Å². The van der Waals surface area contributed by atoms with Gasteiger partial charge in [-0.05, 0) is 30.2 Å². The molecule has 0 saturated heterocycles. The van der Waals surface area contributed by atoms with E-state index in [1.54, 1.807) is 13.8 Å². The van der Waals surface area contributed by atoms with Gasteiger partial charge in [0.2, 0.25) is 0 Å². The molecule has 0 heterocycles. The van der Waals surface area contributed by atoms with Crippen molar-refractivity contribution in [3.05, 3.63) is 54.4 Å². The minimum absolute atomic E-state index is 0.0190. The number of hydrogen-bond acceptors (Lipinski definition) is 4. The molecule has 0 atom stereocenters. The van der Waals surface area contributed by atoms with Crippen LogP contribution in [0.1, 0.15) is 13.8 Å². The largest absolute Gasteiger partial charge is 0.423 e. The predicted molar refractivity (Wildman–Crippen MR) is 113 cm³/mol. The maximum absolute atomic E-state index is 12.6. The number of ether oxygens (including phenoxy) is 2. The number of carbonyl (C=O) groups is 2. The molecule has 0 radical (unpaired) electrons. The van der Waals surface area contributed by atoms with Gasteiger partial charge in [-0.25, -0.2) is 0 Å². The molecule has 2 aromatic rings. The Hall–Kier alpha value is -0.880. The minimum atomic E-state index is -1.30. The Balaban J connectivity index is 2.28. The summed E-state index contributed by atoms with van der Waals surface area (Å²) < 4.78 is 10.5. The second-order valence-electron chi connectivity index (χ2n) is 5.96. The number of carbonyl (C=O) groups excluding carboxylic acids is 2. The molecule has 10 heteroatoms. The van der Waals surface area contributed by atoms with Crippen molar-refractivity contribution in [2.45, 2.75) is 13.8 Å². The van der Waals surface area contributed by atoms with E-state index in [4.69, 9.17) is 79.1 Å². The lowest BCUT2D eigenvalue weighted by Crippen LogP contribution is -2.35. The smallest absolute Gasteiger partial charge is 0.326 e. The van der Waals surface area contributed by atoms with Crippen LogP contribution in [0.15, 0.2) is 24.3 Å². The van der Waals surface area contributed by atoms with Gasteiger partial charge >= 0.3 is 11.9 Å². The average molecular weight is 505 g/mol. The Kier molecular flexibility index (Phi) is 8.15. The third kappa shape index (κ3) is 5.59. The summed E-state index contributed by atoms with van der Waals surface area (Å²) in [5.41, 5.74) is 0. The molecule has 2 rings (SSSR count). The first kappa shape index (κ1) is 23.4. The first-order chi connectivity index (χ1) is 13.0. The van der Waals surface area contributed by atoms with Crippen molar-refractivity contribution in [3.8, 4) is 11.5 Å². The Labute approximate surface area is 191 Å². The Morgan fingerprint density at radius 1 is 0.679 bits per heavy atom. The number of benzene rings is 2. The van der Waals surface area contributed by atoms with Crippen LogP contribution in [-0.4, -0.2) is 11.9 Å². The fourth-order valence-corrected chi connectivity index (χ4v) is 4.01. The number of esters is 2. The van der Waals surface area contributed by atoms with Crippen molar-refractivity contribution < 1.29 is 19.1 Å². The molecule has 4 nitrogen and oxygen atoms in total. The van der Waals surface area contributed by atoms with Gasteiger partial charge in [-0.15, -0.1) is 0 Å². The van der Waals surface area contributed by atoms with Crippen LogP contribution in [0.4, 0.5) is 0 Å².